The van der Waals surface area contributed by atoms with Crippen molar-refractivity contribution in [1.82, 2.24) is 0 Å². The monoisotopic (exact) mass is 294 g/mol. The first-order valence-corrected chi connectivity index (χ1v) is 9.70. The van der Waals surface area contributed by atoms with Gasteiger partial charge in [-0.05, 0) is 40.6 Å². The molecule has 0 nitrogen and oxygen atoms in total. The maximum atomic E-state index is 2.50. The number of unbranched alkanes of at least 4 members (excludes halogenated alkanes) is 7. The first-order valence-electron chi connectivity index (χ1n) is 8.75. The molecule has 0 fully saturated rings. The average molecular weight is 295 g/mol. The van der Waals surface area contributed by atoms with Crippen molar-refractivity contribution in [2.24, 2.45) is 0 Å². The van der Waals surface area contributed by atoms with E-state index in [1.54, 1.807) is 5.56 Å². The molecule has 0 amide bonds. The highest BCUT2D eigenvalue weighted by atomic mass is 32.1. The van der Waals surface area contributed by atoms with Crippen molar-refractivity contribution in [2.45, 2.75) is 96.8 Å². The van der Waals surface area contributed by atoms with E-state index in [2.05, 4.69) is 37.6 Å². The van der Waals surface area contributed by atoms with Crippen LogP contribution in [0.1, 0.15) is 97.0 Å². The van der Waals surface area contributed by atoms with Crippen LogP contribution in [0.3, 0.4) is 0 Å². The van der Waals surface area contributed by atoms with Crippen molar-refractivity contribution in [1.29, 1.82) is 0 Å². The second-order valence-corrected chi connectivity index (χ2v) is 7.33. The minimum atomic E-state index is 0.431. The minimum absolute atomic E-state index is 0.431. The summed E-state index contributed by atoms with van der Waals surface area (Å²) in [7, 11) is 0. The molecule has 0 saturated heterocycles. The van der Waals surface area contributed by atoms with Gasteiger partial charge >= 0.3 is 0 Å². The third-order valence-electron chi connectivity index (χ3n) is 4.63. The topological polar surface area (TPSA) is 0 Å². The third kappa shape index (κ3) is 6.43. The molecule has 0 aromatic carbocycles. The number of rotatable bonds is 12. The lowest BCUT2D eigenvalue weighted by Gasteiger charge is -2.29. The fraction of sp³-hybridized carbons (Fsp3) is 0.789. The molecule has 1 atom stereocenters. The molecule has 1 heteroatoms. The largest absolute Gasteiger partial charge is 0.152 e. The van der Waals surface area contributed by atoms with Gasteiger partial charge in [0.15, 0.2) is 0 Å². The molecule has 1 aromatic rings. The van der Waals surface area contributed by atoms with Crippen molar-refractivity contribution >= 4 is 11.3 Å². The van der Waals surface area contributed by atoms with E-state index in [-0.39, 0.29) is 0 Å². The van der Waals surface area contributed by atoms with E-state index in [1.165, 1.54) is 70.6 Å². The van der Waals surface area contributed by atoms with E-state index in [4.69, 9.17) is 0 Å². The van der Waals surface area contributed by atoms with Gasteiger partial charge in [0, 0.05) is 0 Å². The normalized spacial score (nSPS) is 14.3. The maximum Gasteiger partial charge on any atom is -0.00557 e. The molecule has 0 radical (unpaired) electrons. The van der Waals surface area contributed by atoms with E-state index in [1.807, 2.05) is 11.3 Å². The number of thiophene rings is 1. The summed E-state index contributed by atoms with van der Waals surface area (Å²) >= 11 is 1.86. The van der Waals surface area contributed by atoms with Gasteiger partial charge in [-0.25, -0.2) is 0 Å². The summed E-state index contributed by atoms with van der Waals surface area (Å²) in [5.74, 6) is 0. The Kier molecular flexibility index (Phi) is 9.26. The Morgan fingerprint density at radius 2 is 1.40 bits per heavy atom. The van der Waals surface area contributed by atoms with Crippen LogP contribution < -0.4 is 0 Å². The van der Waals surface area contributed by atoms with Gasteiger partial charge in [-0.15, -0.1) is 0 Å². The highest BCUT2D eigenvalue weighted by Crippen LogP contribution is 2.36. The Labute approximate surface area is 131 Å². The zero-order chi connectivity index (χ0) is 14.7. The molecule has 0 saturated carbocycles. The van der Waals surface area contributed by atoms with Gasteiger partial charge < -0.3 is 0 Å². The van der Waals surface area contributed by atoms with Crippen LogP contribution in [0, 0.1) is 0 Å². The lowest BCUT2D eigenvalue weighted by atomic mass is 9.75. The SMILES string of the molecule is CCCCCCCC(C)(CCCCCC)c1ccsc1. The predicted molar refractivity (Wildman–Crippen MR) is 93.8 cm³/mol. The van der Waals surface area contributed by atoms with Crippen LogP contribution in [0.15, 0.2) is 16.8 Å². The standard InChI is InChI=1S/C19H34S/c1-4-6-8-10-12-15-19(3,14-11-9-7-5-2)18-13-16-20-17-18/h13,16-17H,4-12,14-15H2,1-3H3. The van der Waals surface area contributed by atoms with Crippen LogP contribution in [0.25, 0.3) is 0 Å². The summed E-state index contributed by atoms with van der Waals surface area (Å²) < 4.78 is 0. The highest BCUT2D eigenvalue weighted by Gasteiger charge is 2.25. The molecule has 1 heterocycles. The summed E-state index contributed by atoms with van der Waals surface area (Å²) in [6.07, 6.45) is 15.3. The molecular weight excluding hydrogens is 260 g/mol. The zero-order valence-corrected chi connectivity index (χ0v) is 14.7. The van der Waals surface area contributed by atoms with Crippen LogP contribution in [-0.4, -0.2) is 0 Å². The average Bonchev–Trinajstić information content (AvgIpc) is 2.98. The summed E-state index contributed by atoms with van der Waals surface area (Å²) in [6, 6.07) is 2.36. The second kappa shape index (κ2) is 10.4. The van der Waals surface area contributed by atoms with Gasteiger partial charge in [0.05, 0.1) is 0 Å². The molecular formula is C19H34S. The first-order chi connectivity index (χ1) is 9.73. The fourth-order valence-electron chi connectivity index (χ4n) is 3.08. The summed E-state index contributed by atoms with van der Waals surface area (Å²) in [6.45, 7) is 7.09. The van der Waals surface area contributed by atoms with Crippen molar-refractivity contribution in [3.05, 3.63) is 22.4 Å². The third-order valence-corrected chi connectivity index (χ3v) is 5.32. The lowest BCUT2D eigenvalue weighted by Crippen LogP contribution is -2.21. The van der Waals surface area contributed by atoms with Gasteiger partial charge in [0.25, 0.3) is 0 Å². The van der Waals surface area contributed by atoms with Crippen molar-refractivity contribution in [3.63, 3.8) is 0 Å². The molecule has 0 aliphatic heterocycles. The number of hydrogen-bond donors (Lipinski definition) is 0. The molecule has 1 aromatic heterocycles. The quantitative estimate of drug-likeness (QED) is 0.354. The smallest absolute Gasteiger partial charge is 0.00557 e. The van der Waals surface area contributed by atoms with E-state index in [0.29, 0.717) is 5.41 Å². The van der Waals surface area contributed by atoms with Crippen LogP contribution in [0.2, 0.25) is 0 Å². The molecule has 0 aliphatic rings. The van der Waals surface area contributed by atoms with E-state index in [9.17, 15) is 0 Å². The van der Waals surface area contributed by atoms with Crippen LogP contribution in [-0.2, 0) is 5.41 Å². The Balaban J connectivity index is 2.43. The molecule has 1 rings (SSSR count). The van der Waals surface area contributed by atoms with Gasteiger partial charge in [-0.3, -0.25) is 0 Å². The lowest BCUT2D eigenvalue weighted by molar-refractivity contribution is 0.364. The van der Waals surface area contributed by atoms with Gasteiger partial charge in [-0.2, -0.15) is 11.3 Å². The number of hydrogen-bond acceptors (Lipinski definition) is 1. The molecule has 116 valence electrons. The van der Waals surface area contributed by atoms with E-state index >= 15 is 0 Å². The van der Waals surface area contributed by atoms with Crippen LogP contribution >= 0.6 is 11.3 Å². The fourth-order valence-corrected chi connectivity index (χ4v) is 3.90. The molecule has 0 N–H and O–H groups in total. The zero-order valence-electron chi connectivity index (χ0n) is 13.9. The predicted octanol–water partition coefficient (Wildman–Crippen LogP) is 7.34. The van der Waals surface area contributed by atoms with Crippen LogP contribution in [0.4, 0.5) is 0 Å². The minimum Gasteiger partial charge on any atom is -0.152 e. The Morgan fingerprint density at radius 1 is 0.850 bits per heavy atom. The molecule has 0 aliphatic carbocycles. The maximum absolute atomic E-state index is 2.50. The van der Waals surface area contributed by atoms with Crippen LogP contribution in [0.5, 0.6) is 0 Å². The van der Waals surface area contributed by atoms with Gasteiger partial charge in [0.2, 0.25) is 0 Å². The second-order valence-electron chi connectivity index (χ2n) is 6.55. The summed E-state index contributed by atoms with van der Waals surface area (Å²) in [5.41, 5.74) is 2.02. The Morgan fingerprint density at radius 3 is 1.90 bits per heavy atom. The molecule has 1 unspecified atom stereocenters. The van der Waals surface area contributed by atoms with E-state index in [0.717, 1.165) is 0 Å². The molecule has 20 heavy (non-hydrogen) atoms. The van der Waals surface area contributed by atoms with Crippen molar-refractivity contribution in [3.8, 4) is 0 Å². The van der Waals surface area contributed by atoms with Crippen molar-refractivity contribution < 1.29 is 0 Å². The summed E-state index contributed by atoms with van der Waals surface area (Å²) in [5, 5.41) is 4.63. The molecule has 0 bridgehead atoms. The van der Waals surface area contributed by atoms with Gasteiger partial charge in [-0.1, -0.05) is 78.6 Å². The van der Waals surface area contributed by atoms with E-state index < -0.39 is 0 Å². The summed E-state index contributed by atoms with van der Waals surface area (Å²) in [4.78, 5) is 0. The van der Waals surface area contributed by atoms with Gasteiger partial charge in [0.1, 0.15) is 0 Å². The van der Waals surface area contributed by atoms with Crippen molar-refractivity contribution in [2.75, 3.05) is 0 Å². The molecule has 0 spiro atoms. The Bertz CT molecular complexity index is 315. The Hall–Kier alpha value is -0.300. The highest BCUT2D eigenvalue weighted by molar-refractivity contribution is 7.08. The first kappa shape index (κ1) is 17.8.